The van der Waals surface area contributed by atoms with Gasteiger partial charge in [0.2, 0.25) is 5.91 Å². The number of phenolic OH excluding ortho intramolecular Hbond substituents is 2. The van der Waals surface area contributed by atoms with Crippen molar-refractivity contribution in [1.29, 1.82) is 0 Å². The van der Waals surface area contributed by atoms with Gasteiger partial charge in [-0.2, -0.15) is 13.2 Å². The van der Waals surface area contributed by atoms with E-state index in [2.05, 4.69) is 0 Å². The fourth-order valence-electron chi connectivity index (χ4n) is 3.49. The molecule has 0 aliphatic heterocycles. The highest BCUT2D eigenvalue weighted by atomic mass is 19.4. The predicted octanol–water partition coefficient (Wildman–Crippen LogP) is 2.92. The van der Waals surface area contributed by atoms with Gasteiger partial charge in [-0.3, -0.25) is 9.59 Å². The van der Waals surface area contributed by atoms with Gasteiger partial charge in [0.15, 0.2) is 5.78 Å². The lowest BCUT2D eigenvalue weighted by atomic mass is 9.89. The van der Waals surface area contributed by atoms with Crippen LogP contribution < -0.4 is 0 Å². The number of amides is 1. The number of rotatable bonds is 10. The lowest BCUT2D eigenvalue weighted by Gasteiger charge is -2.23. The van der Waals surface area contributed by atoms with E-state index in [0.717, 1.165) is 30.3 Å². The third-order valence-electron chi connectivity index (χ3n) is 5.18. The van der Waals surface area contributed by atoms with Crippen molar-refractivity contribution in [3.8, 4) is 11.5 Å². The standard InChI is InChI=1S/C23H26F3NO6/c1-3-16-17(12-20(31)27(8-10-28)9-11-33-2)21(19(30)13-18(16)29)22(32)14-4-6-15(7-5-14)23(24,25)26/h4-7,13,28-30H,3,8-12H2,1-2H3. The summed E-state index contributed by atoms with van der Waals surface area (Å²) in [5.74, 6) is -2.18. The first-order valence-corrected chi connectivity index (χ1v) is 10.2. The molecule has 10 heteroatoms. The number of halogens is 3. The van der Waals surface area contributed by atoms with E-state index < -0.39 is 29.2 Å². The number of benzene rings is 2. The number of carbonyl (C=O) groups is 2. The van der Waals surface area contributed by atoms with Gasteiger partial charge in [-0.25, -0.2) is 0 Å². The van der Waals surface area contributed by atoms with Crippen molar-refractivity contribution < 1.29 is 42.8 Å². The van der Waals surface area contributed by atoms with Crippen LogP contribution in [0.2, 0.25) is 0 Å². The fourth-order valence-corrected chi connectivity index (χ4v) is 3.49. The van der Waals surface area contributed by atoms with Crippen molar-refractivity contribution >= 4 is 11.7 Å². The third kappa shape index (κ3) is 6.23. The molecule has 3 N–H and O–H groups in total. The molecule has 0 aliphatic carbocycles. The molecule has 2 aromatic rings. The average Bonchev–Trinajstić information content (AvgIpc) is 2.75. The zero-order valence-corrected chi connectivity index (χ0v) is 18.3. The van der Waals surface area contributed by atoms with E-state index >= 15 is 0 Å². The smallest absolute Gasteiger partial charge is 0.416 e. The molecule has 7 nitrogen and oxygen atoms in total. The first-order valence-electron chi connectivity index (χ1n) is 10.2. The van der Waals surface area contributed by atoms with Crippen LogP contribution >= 0.6 is 0 Å². The Balaban J connectivity index is 2.52. The van der Waals surface area contributed by atoms with Gasteiger partial charge in [0.05, 0.1) is 30.8 Å². The number of aliphatic hydroxyl groups is 1. The number of hydrogen-bond donors (Lipinski definition) is 3. The number of hydrogen-bond acceptors (Lipinski definition) is 6. The van der Waals surface area contributed by atoms with Crippen molar-refractivity contribution in [2.45, 2.75) is 25.9 Å². The monoisotopic (exact) mass is 469 g/mol. The molecule has 33 heavy (non-hydrogen) atoms. The Hall–Kier alpha value is -3.11. The van der Waals surface area contributed by atoms with Crippen LogP contribution in [-0.2, 0) is 28.5 Å². The molecular weight excluding hydrogens is 443 g/mol. The quantitative estimate of drug-likeness (QED) is 0.462. The molecule has 0 aliphatic rings. The highest BCUT2D eigenvalue weighted by Gasteiger charge is 2.31. The third-order valence-corrected chi connectivity index (χ3v) is 5.18. The molecule has 0 radical (unpaired) electrons. The highest BCUT2D eigenvalue weighted by molar-refractivity contribution is 6.12. The van der Waals surface area contributed by atoms with Crippen molar-refractivity contribution in [3.63, 3.8) is 0 Å². The second-order valence-corrected chi connectivity index (χ2v) is 7.28. The summed E-state index contributed by atoms with van der Waals surface area (Å²) in [5.41, 5.74) is -0.992. The number of aromatic hydroxyl groups is 2. The topological polar surface area (TPSA) is 107 Å². The maximum absolute atomic E-state index is 13.2. The molecule has 2 aromatic carbocycles. The summed E-state index contributed by atoms with van der Waals surface area (Å²) in [4.78, 5) is 27.4. The van der Waals surface area contributed by atoms with Crippen LogP contribution in [0.1, 0.15) is 39.5 Å². The number of methoxy groups -OCH3 is 1. The van der Waals surface area contributed by atoms with Crippen LogP contribution in [0.15, 0.2) is 30.3 Å². The van der Waals surface area contributed by atoms with Crippen LogP contribution in [0.4, 0.5) is 13.2 Å². The van der Waals surface area contributed by atoms with Gasteiger partial charge in [0, 0.05) is 31.8 Å². The Morgan fingerprint density at radius 1 is 1.03 bits per heavy atom. The zero-order chi connectivity index (χ0) is 24.8. The number of carbonyl (C=O) groups excluding carboxylic acids is 2. The molecule has 0 bridgehead atoms. The minimum absolute atomic E-state index is 0.0105. The van der Waals surface area contributed by atoms with Crippen molar-refractivity contribution in [2.24, 2.45) is 0 Å². The molecule has 0 spiro atoms. The van der Waals surface area contributed by atoms with Crippen LogP contribution in [0.5, 0.6) is 11.5 Å². The number of phenols is 2. The predicted molar refractivity (Wildman–Crippen MR) is 113 cm³/mol. The summed E-state index contributed by atoms with van der Waals surface area (Å²) < 4.78 is 43.6. The normalized spacial score (nSPS) is 11.5. The first-order chi connectivity index (χ1) is 15.5. The molecule has 1 amide bonds. The van der Waals surface area contributed by atoms with E-state index in [9.17, 15) is 38.1 Å². The van der Waals surface area contributed by atoms with Crippen molar-refractivity contribution in [1.82, 2.24) is 4.90 Å². The SMILES string of the molecule is CCc1c(O)cc(O)c(C(=O)c2ccc(C(F)(F)F)cc2)c1CC(=O)N(CCO)CCOC. The number of nitrogens with zero attached hydrogens (tertiary/aromatic N) is 1. The molecule has 0 saturated heterocycles. The fraction of sp³-hybridized carbons (Fsp3) is 0.391. The zero-order valence-electron chi connectivity index (χ0n) is 18.3. The van der Waals surface area contributed by atoms with E-state index in [1.165, 1.54) is 12.0 Å². The number of alkyl halides is 3. The minimum Gasteiger partial charge on any atom is -0.508 e. The van der Waals surface area contributed by atoms with E-state index in [4.69, 9.17) is 4.74 Å². The van der Waals surface area contributed by atoms with E-state index in [1.807, 2.05) is 0 Å². The van der Waals surface area contributed by atoms with Gasteiger partial charge in [-0.15, -0.1) is 0 Å². The molecule has 180 valence electrons. The molecule has 0 saturated carbocycles. The molecule has 0 fully saturated rings. The lowest BCUT2D eigenvalue weighted by Crippen LogP contribution is -2.37. The Kier molecular flexibility index (Phi) is 8.84. The van der Waals surface area contributed by atoms with E-state index in [1.54, 1.807) is 6.92 Å². The molecule has 0 heterocycles. The van der Waals surface area contributed by atoms with Crippen LogP contribution in [0, 0.1) is 0 Å². The Labute approximate surface area is 189 Å². The second kappa shape index (κ2) is 11.2. The van der Waals surface area contributed by atoms with Crippen molar-refractivity contribution in [3.05, 3.63) is 58.1 Å². The van der Waals surface area contributed by atoms with Gasteiger partial charge in [-0.1, -0.05) is 19.1 Å². The lowest BCUT2D eigenvalue weighted by molar-refractivity contribution is -0.137. The number of ether oxygens (including phenoxy) is 1. The minimum atomic E-state index is -4.58. The summed E-state index contributed by atoms with van der Waals surface area (Å²) in [5, 5.41) is 30.0. The summed E-state index contributed by atoms with van der Waals surface area (Å²) in [6, 6.07) is 4.46. The summed E-state index contributed by atoms with van der Waals surface area (Å²) >= 11 is 0. The van der Waals surface area contributed by atoms with Crippen LogP contribution in [0.3, 0.4) is 0 Å². The van der Waals surface area contributed by atoms with Gasteiger partial charge in [-0.05, 0) is 29.7 Å². The van der Waals surface area contributed by atoms with Gasteiger partial charge in [0.25, 0.3) is 0 Å². The van der Waals surface area contributed by atoms with Crippen LogP contribution in [-0.4, -0.2) is 65.3 Å². The van der Waals surface area contributed by atoms with Crippen LogP contribution in [0.25, 0.3) is 0 Å². The van der Waals surface area contributed by atoms with Crippen molar-refractivity contribution in [2.75, 3.05) is 33.4 Å². The van der Waals surface area contributed by atoms with Gasteiger partial charge in [0.1, 0.15) is 11.5 Å². The number of ketones is 1. The Bertz CT molecular complexity index is 989. The summed E-state index contributed by atoms with van der Waals surface area (Å²) in [6.45, 7) is 1.76. The largest absolute Gasteiger partial charge is 0.508 e. The van der Waals surface area contributed by atoms with E-state index in [0.29, 0.717) is 0 Å². The molecule has 0 aromatic heterocycles. The Morgan fingerprint density at radius 3 is 2.18 bits per heavy atom. The average molecular weight is 469 g/mol. The maximum Gasteiger partial charge on any atom is 0.416 e. The van der Waals surface area contributed by atoms with Gasteiger partial charge < -0.3 is 25.0 Å². The number of aliphatic hydroxyl groups excluding tert-OH is 1. The maximum atomic E-state index is 13.2. The summed E-state index contributed by atoms with van der Waals surface area (Å²) in [7, 11) is 1.45. The Morgan fingerprint density at radius 2 is 1.67 bits per heavy atom. The molecule has 2 rings (SSSR count). The highest BCUT2D eigenvalue weighted by Crippen LogP contribution is 2.36. The second-order valence-electron chi connectivity index (χ2n) is 7.28. The molecule has 0 unspecified atom stereocenters. The van der Waals surface area contributed by atoms with Gasteiger partial charge >= 0.3 is 6.18 Å². The summed E-state index contributed by atoms with van der Waals surface area (Å²) in [6.07, 6.45) is -4.73. The first kappa shape index (κ1) is 26.1. The molecule has 0 atom stereocenters. The molecular formula is C23H26F3NO6. The van der Waals surface area contributed by atoms with E-state index in [-0.39, 0.29) is 67.1 Å².